The molecular weight excluding hydrogens is 354 g/mol. The van der Waals surface area contributed by atoms with E-state index in [1.807, 2.05) is 41.8 Å². The zero-order valence-corrected chi connectivity index (χ0v) is 14.4. The Morgan fingerprint density at radius 1 is 1.23 bits per heavy atom. The van der Waals surface area contributed by atoms with E-state index >= 15 is 0 Å². The van der Waals surface area contributed by atoms with Gasteiger partial charge in [0, 0.05) is 0 Å². The molecule has 0 aliphatic heterocycles. The molecule has 2 heterocycles. The molecule has 3 rings (SSSR count). The number of thiophene rings is 1. The van der Waals surface area contributed by atoms with E-state index in [0.717, 1.165) is 10.4 Å². The van der Waals surface area contributed by atoms with Crippen LogP contribution in [0, 0.1) is 0 Å². The monoisotopic (exact) mass is 369 g/mol. The topological polar surface area (TPSA) is 90.3 Å². The van der Waals surface area contributed by atoms with Crippen molar-refractivity contribution in [2.24, 2.45) is 0 Å². The van der Waals surface area contributed by atoms with Gasteiger partial charge in [0.05, 0.1) is 17.6 Å². The van der Waals surface area contributed by atoms with Gasteiger partial charge in [-0.1, -0.05) is 36.4 Å². The number of nitrogens with one attached hydrogen (secondary N) is 1. The van der Waals surface area contributed by atoms with Crippen molar-refractivity contribution < 1.29 is 14.3 Å². The van der Waals surface area contributed by atoms with E-state index in [-0.39, 0.29) is 18.8 Å². The summed E-state index contributed by atoms with van der Waals surface area (Å²) in [6.45, 7) is -0.0798. The van der Waals surface area contributed by atoms with Gasteiger partial charge >= 0.3 is 6.09 Å². The molecule has 1 amide bonds. The average molecular weight is 369 g/mol. The van der Waals surface area contributed by atoms with Crippen molar-refractivity contribution >= 4 is 29.4 Å². The fourth-order valence-corrected chi connectivity index (χ4v) is 3.02. The maximum atomic E-state index is 12.6. The molecule has 0 atom stereocenters. The zero-order chi connectivity index (χ0) is 18.4. The van der Waals surface area contributed by atoms with E-state index in [1.54, 1.807) is 6.07 Å². The van der Waals surface area contributed by atoms with Gasteiger partial charge in [0.15, 0.2) is 5.82 Å². The molecule has 0 saturated heterocycles. The van der Waals surface area contributed by atoms with Crippen molar-refractivity contribution in [2.75, 3.05) is 5.32 Å². The number of aldehydes is 1. The minimum absolute atomic E-state index is 0.0507. The number of carbonyl (C=O) groups is 2. The van der Waals surface area contributed by atoms with Crippen LogP contribution >= 0.6 is 11.3 Å². The number of carbonyl (C=O) groups excluding carboxylic acids is 2. The smallest absolute Gasteiger partial charge is 0.412 e. The average Bonchev–Trinajstić information content (AvgIpc) is 3.19. The highest BCUT2D eigenvalue weighted by molar-refractivity contribution is 7.13. The molecule has 8 heteroatoms. The predicted octanol–water partition coefficient (Wildman–Crippen LogP) is 2.92. The Kier molecular flexibility index (Phi) is 5.55. The predicted molar refractivity (Wildman–Crippen MR) is 98.1 cm³/mol. The lowest BCUT2D eigenvalue weighted by Crippen LogP contribution is -2.28. The summed E-state index contributed by atoms with van der Waals surface area (Å²) in [6.07, 6.45) is 1.11. The second-order valence-electron chi connectivity index (χ2n) is 5.24. The number of anilines is 1. The fraction of sp³-hybridized carbons (Fsp3) is 0.111. The Balaban J connectivity index is 1.77. The maximum Gasteiger partial charge on any atom is 0.412 e. The first-order valence-electron chi connectivity index (χ1n) is 7.74. The van der Waals surface area contributed by atoms with Crippen LogP contribution in [0.15, 0.2) is 58.8 Å². The molecule has 1 N–H and O–H groups in total. The summed E-state index contributed by atoms with van der Waals surface area (Å²) in [7, 11) is 0. The molecule has 0 unspecified atom stereocenters. The van der Waals surface area contributed by atoms with Gasteiger partial charge in [-0.3, -0.25) is 14.7 Å². The van der Waals surface area contributed by atoms with Crippen LogP contribution in [0.4, 0.5) is 10.5 Å². The van der Waals surface area contributed by atoms with E-state index in [9.17, 15) is 14.4 Å². The van der Waals surface area contributed by atoms with Gasteiger partial charge in [-0.05, 0) is 17.0 Å². The van der Waals surface area contributed by atoms with Gasteiger partial charge in [-0.2, -0.15) is 0 Å². The molecular formula is C18H15N3O4S. The van der Waals surface area contributed by atoms with Gasteiger partial charge in [0.2, 0.25) is 0 Å². The lowest BCUT2D eigenvalue weighted by molar-refractivity contribution is -0.108. The van der Waals surface area contributed by atoms with Crippen molar-refractivity contribution in [3.8, 4) is 10.7 Å². The Bertz CT molecular complexity index is 952. The van der Waals surface area contributed by atoms with Crippen LogP contribution in [0.5, 0.6) is 0 Å². The maximum absolute atomic E-state index is 12.6. The highest BCUT2D eigenvalue weighted by atomic mass is 32.1. The second-order valence-corrected chi connectivity index (χ2v) is 6.19. The molecule has 26 heavy (non-hydrogen) atoms. The first-order valence-corrected chi connectivity index (χ1v) is 8.62. The lowest BCUT2D eigenvalue weighted by atomic mass is 10.2. The number of aromatic nitrogens is 2. The van der Waals surface area contributed by atoms with E-state index in [1.165, 1.54) is 22.1 Å². The molecule has 0 spiro atoms. The molecule has 7 nitrogen and oxygen atoms in total. The van der Waals surface area contributed by atoms with Crippen LogP contribution in [0.25, 0.3) is 10.7 Å². The highest BCUT2D eigenvalue weighted by Gasteiger charge is 2.15. The summed E-state index contributed by atoms with van der Waals surface area (Å²) >= 11 is 1.40. The third kappa shape index (κ3) is 4.04. The number of benzene rings is 1. The summed E-state index contributed by atoms with van der Waals surface area (Å²) in [5.41, 5.74) is 0.254. The Morgan fingerprint density at radius 3 is 2.73 bits per heavy atom. The molecule has 0 fully saturated rings. The van der Waals surface area contributed by atoms with Crippen molar-refractivity contribution in [3.63, 3.8) is 0 Å². The van der Waals surface area contributed by atoms with Crippen molar-refractivity contribution in [1.29, 1.82) is 0 Å². The third-order valence-corrected chi connectivity index (χ3v) is 4.36. The van der Waals surface area contributed by atoms with E-state index < -0.39 is 11.7 Å². The SMILES string of the molecule is O=CCn1c(-c2cccs2)ncc(NC(=O)OCc2ccccc2)c1=O. The van der Waals surface area contributed by atoms with Crippen LogP contribution in [0.2, 0.25) is 0 Å². The Hall–Kier alpha value is -3.26. The largest absolute Gasteiger partial charge is 0.444 e. The number of nitrogens with zero attached hydrogens (tertiary/aromatic N) is 2. The molecule has 2 aromatic heterocycles. The van der Waals surface area contributed by atoms with Gasteiger partial charge in [-0.15, -0.1) is 11.3 Å². The van der Waals surface area contributed by atoms with Gasteiger partial charge in [-0.25, -0.2) is 9.78 Å². The zero-order valence-electron chi connectivity index (χ0n) is 13.6. The summed E-state index contributed by atoms with van der Waals surface area (Å²) in [4.78, 5) is 40.4. The normalized spacial score (nSPS) is 10.3. The van der Waals surface area contributed by atoms with E-state index in [2.05, 4.69) is 10.3 Å². The molecule has 0 aliphatic rings. The summed E-state index contributed by atoms with van der Waals surface area (Å²) in [5.74, 6) is 0.375. The number of hydrogen-bond acceptors (Lipinski definition) is 6. The molecule has 0 saturated carbocycles. The minimum Gasteiger partial charge on any atom is -0.444 e. The number of ether oxygens (including phenoxy) is 1. The first-order chi connectivity index (χ1) is 12.7. The standard InChI is InChI=1S/C18H15N3O4S/c22-9-8-21-16(15-7-4-10-26-15)19-11-14(17(21)23)20-18(24)25-12-13-5-2-1-3-6-13/h1-7,9-11H,8,12H2,(H,20,24). The summed E-state index contributed by atoms with van der Waals surface area (Å²) in [5, 5.41) is 4.23. The van der Waals surface area contributed by atoms with Gasteiger partial charge < -0.3 is 9.53 Å². The number of hydrogen-bond donors (Lipinski definition) is 1. The summed E-state index contributed by atoms with van der Waals surface area (Å²) < 4.78 is 6.31. The molecule has 0 bridgehead atoms. The van der Waals surface area contributed by atoms with Crippen molar-refractivity contribution in [3.05, 3.63) is 70.0 Å². The Labute approximate surface area is 152 Å². The van der Waals surface area contributed by atoms with Crippen molar-refractivity contribution in [2.45, 2.75) is 13.2 Å². The van der Waals surface area contributed by atoms with Crippen LogP contribution < -0.4 is 10.9 Å². The van der Waals surface area contributed by atoms with Crippen LogP contribution in [0.1, 0.15) is 5.56 Å². The Morgan fingerprint density at radius 2 is 2.04 bits per heavy atom. The van der Waals surface area contributed by atoms with Crippen LogP contribution in [-0.2, 0) is 22.7 Å². The second kappa shape index (κ2) is 8.21. The highest BCUT2D eigenvalue weighted by Crippen LogP contribution is 2.22. The van der Waals surface area contributed by atoms with Crippen LogP contribution in [0.3, 0.4) is 0 Å². The number of rotatable bonds is 6. The third-order valence-electron chi connectivity index (χ3n) is 3.50. The first kappa shape index (κ1) is 17.6. The fourth-order valence-electron chi connectivity index (χ4n) is 2.29. The van der Waals surface area contributed by atoms with Crippen LogP contribution in [-0.4, -0.2) is 21.9 Å². The number of amides is 1. The van der Waals surface area contributed by atoms with Gasteiger partial charge in [0.1, 0.15) is 18.6 Å². The van der Waals surface area contributed by atoms with Gasteiger partial charge in [0.25, 0.3) is 5.56 Å². The lowest BCUT2D eigenvalue weighted by Gasteiger charge is -2.11. The summed E-state index contributed by atoms with van der Waals surface area (Å²) in [6, 6.07) is 12.8. The minimum atomic E-state index is -0.769. The quantitative estimate of drug-likeness (QED) is 0.675. The molecule has 0 radical (unpaired) electrons. The molecule has 1 aromatic carbocycles. The van der Waals surface area contributed by atoms with E-state index in [0.29, 0.717) is 12.1 Å². The van der Waals surface area contributed by atoms with E-state index in [4.69, 9.17) is 4.74 Å². The molecule has 0 aliphatic carbocycles. The molecule has 132 valence electrons. The van der Waals surface area contributed by atoms with Crippen molar-refractivity contribution in [1.82, 2.24) is 9.55 Å². The molecule has 3 aromatic rings.